The van der Waals surface area contributed by atoms with Crippen LogP contribution in [0.4, 0.5) is 5.69 Å². The zero-order valence-electron chi connectivity index (χ0n) is 6.68. The van der Waals surface area contributed by atoms with Gasteiger partial charge >= 0.3 is 0 Å². The first-order valence-electron chi connectivity index (χ1n) is 4.03. The van der Waals surface area contributed by atoms with Gasteiger partial charge in [0, 0.05) is 29.7 Å². The van der Waals surface area contributed by atoms with E-state index in [0.717, 1.165) is 23.8 Å². The van der Waals surface area contributed by atoms with Gasteiger partial charge < -0.3 is 11.1 Å². The fourth-order valence-corrected chi connectivity index (χ4v) is 1.66. The summed E-state index contributed by atoms with van der Waals surface area (Å²) in [5, 5.41) is 4.04. The molecule has 0 atom stereocenters. The van der Waals surface area contributed by atoms with Crippen molar-refractivity contribution in [2.45, 2.75) is 5.92 Å². The van der Waals surface area contributed by atoms with Crippen molar-refractivity contribution in [2.75, 3.05) is 18.8 Å². The smallest absolute Gasteiger partial charge is 0.0443 e. The highest BCUT2D eigenvalue weighted by Gasteiger charge is 2.20. The second-order valence-electron chi connectivity index (χ2n) is 3.14. The number of nitrogens with two attached hydrogens (primary N) is 1. The minimum Gasteiger partial charge on any atom is -0.399 e. The molecule has 0 aliphatic carbocycles. The van der Waals surface area contributed by atoms with E-state index in [1.165, 1.54) is 5.56 Å². The van der Waals surface area contributed by atoms with Crippen molar-refractivity contribution in [3.8, 4) is 0 Å². The molecule has 12 heavy (non-hydrogen) atoms. The summed E-state index contributed by atoms with van der Waals surface area (Å²) in [5.41, 5.74) is 7.63. The molecule has 0 bridgehead atoms. The van der Waals surface area contributed by atoms with E-state index in [-0.39, 0.29) is 0 Å². The fourth-order valence-electron chi connectivity index (χ4n) is 1.38. The molecule has 0 amide bonds. The van der Waals surface area contributed by atoms with E-state index in [9.17, 15) is 0 Å². The molecule has 1 aliphatic heterocycles. The summed E-state index contributed by atoms with van der Waals surface area (Å²) in [6, 6.07) is 5.66. The SMILES string of the molecule is Nc1ccc(Cl)c(C2CNC2)c1. The van der Waals surface area contributed by atoms with Crippen LogP contribution in [0.25, 0.3) is 0 Å². The average molecular weight is 183 g/mol. The summed E-state index contributed by atoms with van der Waals surface area (Å²) >= 11 is 6.02. The lowest BCUT2D eigenvalue weighted by Crippen LogP contribution is -2.40. The number of rotatable bonds is 1. The molecule has 0 unspecified atom stereocenters. The molecule has 1 heterocycles. The number of nitrogen functional groups attached to an aromatic ring is 1. The van der Waals surface area contributed by atoms with E-state index in [0.29, 0.717) is 5.92 Å². The number of benzene rings is 1. The van der Waals surface area contributed by atoms with E-state index >= 15 is 0 Å². The van der Waals surface area contributed by atoms with Gasteiger partial charge in [-0.15, -0.1) is 0 Å². The van der Waals surface area contributed by atoms with Crippen LogP contribution >= 0.6 is 11.6 Å². The van der Waals surface area contributed by atoms with Crippen molar-refractivity contribution in [2.24, 2.45) is 0 Å². The highest BCUT2D eigenvalue weighted by atomic mass is 35.5. The molecule has 1 saturated heterocycles. The minimum atomic E-state index is 0.556. The average Bonchev–Trinajstić information content (AvgIpc) is 1.93. The van der Waals surface area contributed by atoms with E-state index in [1.54, 1.807) is 0 Å². The molecular weight excluding hydrogens is 172 g/mol. The van der Waals surface area contributed by atoms with Gasteiger partial charge in [-0.05, 0) is 23.8 Å². The van der Waals surface area contributed by atoms with Crippen molar-refractivity contribution < 1.29 is 0 Å². The molecular formula is C9H11ClN2. The third kappa shape index (κ3) is 1.28. The molecule has 3 heteroatoms. The van der Waals surface area contributed by atoms with Crippen molar-refractivity contribution in [3.63, 3.8) is 0 Å². The molecule has 2 nitrogen and oxygen atoms in total. The molecule has 1 aromatic carbocycles. The maximum absolute atomic E-state index is 6.02. The third-order valence-corrected chi connectivity index (χ3v) is 2.59. The molecule has 64 valence electrons. The Hall–Kier alpha value is -0.730. The largest absolute Gasteiger partial charge is 0.399 e. The number of nitrogens with one attached hydrogen (secondary N) is 1. The van der Waals surface area contributed by atoms with Crippen molar-refractivity contribution in [3.05, 3.63) is 28.8 Å². The van der Waals surface area contributed by atoms with Crippen LogP contribution in [0, 0.1) is 0 Å². The summed E-state index contributed by atoms with van der Waals surface area (Å²) in [4.78, 5) is 0. The predicted octanol–water partition coefficient (Wildman–Crippen LogP) is 1.61. The number of hydrogen-bond acceptors (Lipinski definition) is 2. The molecule has 1 aliphatic rings. The van der Waals surface area contributed by atoms with Gasteiger partial charge in [0.1, 0.15) is 0 Å². The second kappa shape index (κ2) is 2.96. The number of anilines is 1. The van der Waals surface area contributed by atoms with E-state index < -0.39 is 0 Å². The fraction of sp³-hybridized carbons (Fsp3) is 0.333. The van der Waals surface area contributed by atoms with Crippen LogP contribution in [0.1, 0.15) is 11.5 Å². The van der Waals surface area contributed by atoms with Gasteiger partial charge in [-0.1, -0.05) is 11.6 Å². The van der Waals surface area contributed by atoms with Crippen molar-refractivity contribution in [1.82, 2.24) is 5.32 Å². The Kier molecular flexibility index (Phi) is 1.95. The van der Waals surface area contributed by atoms with Gasteiger partial charge in [0.25, 0.3) is 0 Å². The first-order chi connectivity index (χ1) is 5.77. The third-order valence-electron chi connectivity index (χ3n) is 2.24. The van der Waals surface area contributed by atoms with Crippen LogP contribution in [-0.2, 0) is 0 Å². The highest BCUT2D eigenvalue weighted by Crippen LogP contribution is 2.28. The standard InChI is InChI=1S/C9H11ClN2/c10-9-2-1-7(11)3-8(9)6-4-12-5-6/h1-3,6,12H,4-5,11H2. The Labute approximate surface area is 76.7 Å². The van der Waals surface area contributed by atoms with Crippen LogP contribution in [0.3, 0.4) is 0 Å². The lowest BCUT2D eigenvalue weighted by molar-refractivity contribution is 0.448. The summed E-state index contributed by atoms with van der Waals surface area (Å²) in [5.74, 6) is 0.556. The van der Waals surface area contributed by atoms with Gasteiger partial charge in [0.15, 0.2) is 0 Å². The van der Waals surface area contributed by atoms with Crippen LogP contribution < -0.4 is 11.1 Å². The minimum absolute atomic E-state index is 0.556. The predicted molar refractivity (Wildman–Crippen MR) is 51.5 cm³/mol. The topological polar surface area (TPSA) is 38.0 Å². The molecule has 1 fully saturated rings. The summed E-state index contributed by atoms with van der Waals surface area (Å²) < 4.78 is 0. The molecule has 2 rings (SSSR count). The molecule has 0 aromatic heterocycles. The highest BCUT2D eigenvalue weighted by molar-refractivity contribution is 6.31. The Morgan fingerprint density at radius 2 is 2.17 bits per heavy atom. The Morgan fingerprint density at radius 3 is 2.75 bits per heavy atom. The Balaban J connectivity index is 2.34. The first kappa shape index (κ1) is 7.90. The monoisotopic (exact) mass is 182 g/mol. The summed E-state index contributed by atoms with van der Waals surface area (Å²) in [6.45, 7) is 2.03. The second-order valence-corrected chi connectivity index (χ2v) is 3.54. The maximum atomic E-state index is 6.02. The van der Waals surface area contributed by atoms with Gasteiger partial charge in [-0.2, -0.15) is 0 Å². The quantitative estimate of drug-likeness (QED) is 0.648. The zero-order chi connectivity index (χ0) is 8.55. The summed E-state index contributed by atoms with van der Waals surface area (Å²) in [7, 11) is 0. The maximum Gasteiger partial charge on any atom is 0.0443 e. The zero-order valence-corrected chi connectivity index (χ0v) is 7.43. The number of halogens is 1. The lowest BCUT2D eigenvalue weighted by atomic mass is 9.93. The Bertz CT molecular complexity index is 295. The molecule has 0 radical (unpaired) electrons. The van der Waals surface area contributed by atoms with Crippen LogP contribution in [0.2, 0.25) is 5.02 Å². The number of hydrogen-bond donors (Lipinski definition) is 2. The van der Waals surface area contributed by atoms with E-state index in [1.807, 2.05) is 18.2 Å². The van der Waals surface area contributed by atoms with Crippen molar-refractivity contribution in [1.29, 1.82) is 0 Å². The van der Waals surface area contributed by atoms with Gasteiger partial charge in [-0.25, -0.2) is 0 Å². The van der Waals surface area contributed by atoms with Crippen molar-refractivity contribution >= 4 is 17.3 Å². The molecule has 1 aromatic rings. The normalized spacial score (nSPS) is 17.4. The molecule has 0 spiro atoms. The van der Waals surface area contributed by atoms with Gasteiger partial charge in [-0.3, -0.25) is 0 Å². The van der Waals surface area contributed by atoms with Gasteiger partial charge in [0.2, 0.25) is 0 Å². The Morgan fingerprint density at radius 1 is 1.42 bits per heavy atom. The lowest BCUT2D eigenvalue weighted by Gasteiger charge is -2.28. The first-order valence-corrected chi connectivity index (χ1v) is 4.41. The van der Waals surface area contributed by atoms with Crippen LogP contribution in [0.15, 0.2) is 18.2 Å². The van der Waals surface area contributed by atoms with Crippen LogP contribution in [0.5, 0.6) is 0 Å². The summed E-state index contributed by atoms with van der Waals surface area (Å²) in [6.07, 6.45) is 0. The van der Waals surface area contributed by atoms with E-state index in [2.05, 4.69) is 5.32 Å². The van der Waals surface area contributed by atoms with Gasteiger partial charge in [0.05, 0.1) is 0 Å². The van der Waals surface area contributed by atoms with Crippen LogP contribution in [-0.4, -0.2) is 13.1 Å². The van der Waals surface area contributed by atoms with E-state index in [4.69, 9.17) is 17.3 Å². The molecule has 0 saturated carbocycles. The molecule has 3 N–H and O–H groups in total.